The van der Waals surface area contributed by atoms with E-state index < -0.39 is 5.60 Å². The van der Waals surface area contributed by atoms with Crippen LogP contribution in [-0.4, -0.2) is 39.9 Å². The number of nitrogens with zero attached hydrogens (tertiary/aromatic N) is 1. The quantitative estimate of drug-likeness (QED) is 0.655. The zero-order chi connectivity index (χ0) is 11.8. The third-order valence-electron chi connectivity index (χ3n) is 3.29. The molecule has 1 fully saturated rings. The van der Waals surface area contributed by atoms with Gasteiger partial charge in [0.25, 0.3) is 0 Å². The molecule has 1 unspecified atom stereocenters. The zero-order valence-electron chi connectivity index (χ0n) is 9.35. The summed E-state index contributed by atoms with van der Waals surface area (Å²) in [6.07, 6.45) is 0.658. The van der Waals surface area contributed by atoms with Crippen LogP contribution in [0.4, 0.5) is 0 Å². The first-order chi connectivity index (χ1) is 7.55. The van der Waals surface area contributed by atoms with Gasteiger partial charge in [-0.1, -0.05) is 13.0 Å². The standard InChI is InChI=1S/C12H17NO3/c1-2-13-6-5-12(16,8-13)9-3-4-10(14)11(15)7-9/h3-4,7,14-16H,2,5-6,8H2,1H3. The predicted octanol–water partition coefficient (Wildman–Crippen LogP) is 1.01. The van der Waals surface area contributed by atoms with Crippen LogP contribution in [0.5, 0.6) is 11.5 Å². The minimum absolute atomic E-state index is 0.155. The first-order valence-electron chi connectivity index (χ1n) is 5.52. The molecule has 4 nitrogen and oxygen atoms in total. The van der Waals surface area contributed by atoms with Crippen molar-refractivity contribution in [2.75, 3.05) is 19.6 Å². The molecule has 1 aromatic carbocycles. The second-order valence-electron chi connectivity index (χ2n) is 4.35. The molecule has 1 saturated heterocycles. The summed E-state index contributed by atoms with van der Waals surface area (Å²) in [5, 5.41) is 29.1. The number of aromatic hydroxyl groups is 2. The highest BCUT2D eigenvalue weighted by molar-refractivity contribution is 5.42. The van der Waals surface area contributed by atoms with Gasteiger partial charge in [-0.05, 0) is 30.7 Å². The molecule has 1 aliphatic heterocycles. The van der Waals surface area contributed by atoms with Gasteiger partial charge in [0.2, 0.25) is 0 Å². The van der Waals surface area contributed by atoms with Crippen LogP contribution < -0.4 is 0 Å². The summed E-state index contributed by atoms with van der Waals surface area (Å²) in [7, 11) is 0. The fraction of sp³-hybridized carbons (Fsp3) is 0.500. The van der Waals surface area contributed by atoms with Gasteiger partial charge in [0, 0.05) is 13.1 Å². The smallest absolute Gasteiger partial charge is 0.157 e. The van der Waals surface area contributed by atoms with Crippen LogP contribution in [0.25, 0.3) is 0 Å². The highest BCUT2D eigenvalue weighted by atomic mass is 16.3. The van der Waals surface area contributed by atoms with Gasteiger partial charge >= 0.3 is 0 Å². The van der Waals surface area contributed by atoms with E-state index in [4.69, 9.17) is 0 Å². The molecule has 0 saturated carbocycles. The van der Waals surface area contributed by atoms with Gasteiger partial charge in [0.15, 0.2) is 11.5 Å². The van der Waals surface area contributed by atoms with Gasteiger partial charge in [-0.2, -0.15) is 0 Å². The van der Waals surface area contributed by atoms with Crippen LogP contribution in [0.2, 0.25) is 0 Å². The number of hydrogen-bond acceptors (Lipinski definition) is 4. The van der Waals surface area contributed by atoms with Crippen molar-refractivity contribution in [3.63, 3.8) is 0 Å². The molecule has 1 aliphatic rings. The Morgan fingerprint density at radius 2 is 2.06 bits per heavy atom. The van der Waals surface area contributed by atoms with E-state index in [1.807, 2.05) is 0 Å². The normalized spacial score (nSPS) is 26.1. The van der Waals surface area contributed by atoms with E-state index in [1.54, 1.807) is 6.07 Å². The van der Waals surface area contributed by atoms with Crippen molar-refractivity contribution in [2.24, 2.45) is 0 Å². The summed E-state index contributed by atoms with van der Waals surface area (Å²) < 4.78 is 0. The Bertz CT molecular complexity index is 394. The zero-order valence-corrected chi connectivity index (χ0v) is 9.35. The van der Waals surface area contributed by atoms with Crippen LogP contribution in [-0.2, 0) is 5.60 Å². The van der Waals surface area contributed by atoms with Crippen molar-refractivity contribution in [2.45, 2.75) is 18.9 Å². The van der Waals surface area contributed by atoms with Crippen LogP contribution in [0.15, 0.2) is 18.2 Å². The summed E-state index contributed by atoms with van der Waals surface area (Å²) in [5.41, 5.74) is -0.236. The second-order valence-corrected chi connectivity index (χ2v) is 4.35. The van der Waals surface area contributed by atoms with Gasteiger partial charge in [-0.15, -0.1) is 0 Å². The third-order valence-corrected chi connectivity index (χ3v) is 3.29. The van der Waals surface area contributed by atoms with Crippen LogP contribution in [0.1, 0.15) is 18.9 Å². The SMILES string of the molecule is CCN1CCC(O)(c2ccc(O)c(O)c2)C1. The average molecular weight is 223 g/mol. The summed E-state index contributed by atoms with van der Waals surface area (Å²) >= 11 is 0. The largest absolute Gasteiger partial charge is 0.504 e. The Kier molecular flexibility index (Phi) is 2.78. The Hall–Kier alpha value is -1.26. The van der Waals surface area contributed by atoms with Crippen molar-refractivity contribution in [3.8, 4) is 11.5 Å². The van der Waals surface area contributed by atoms with E-state index in [9.17, 15) is 15.3 Å². The first kappa shape index (κ1) is 11.2. The number of phenols is 2. The Morgan fingerprint density at radius 3 is 2.62 bits per heavy atom. The van der Waals surface area contributed by atoms with E-state index in [-0.39, 0.29) is 11.5 Å². The van der Waals surface area contributed by atoms with Crippen molar-refractivity contribution in [1.82, 2.24) is 4.90 Å². The number of likely N-dealkylation sites (tertiary alicyclic amines) is 1. The van der Waals surface area contributed by atoms with Crippen LogP contribution in [0, 0.1) is 0 Å². The number of rotatable bonds is 2. The lowest BCUT2D eigenvalue weighted by molar-refractivity contribution is 0.0465. The molecule has 3 N–H and O–H groups in total. The lowest BCUT2D eigenvalue weighted by atomic mass is 9.93. The molecule has 0 spiro atoms. The van der Waals surface area contributed by atoms with E-state index in [2.05, 4.69) is 11.8 Å². The van der Waals surface area contributed by atoms with Gasteiger partial charge in [0.05, 0.1) is 0 Å². The number of phenolic OH excluding ortho intramolecular Hbond substituents is 2. The summed E-state index contributed by atoms with van der Waals surface area (Å²) in [5.74, 6) is -0.335. The molecule has 4 heteroatoms. The van der Waals surface area contributed by atoms with E-state index >= 15 is 0 Å². The second kappa shape index (κ2) is 3.96. The highest BCUT2D eigenvalue weighted by Crippen LogP contribution is 2.35. The van der Waals surface area contributed by atoms with Gasteiger partial charge in [-0.25, -0.2) is 0 Å². The minimum atomic E-state index is -0.902. The molecule has 0 aliphatic carbocycles. The number of benzene rings is 1. The molecular formula is C12H17NO3. The number of hydrogen-bond donors (Lipinski definition) is 3. The molecule has 0 radical (unpaired) electrons. The monoisotopic (exact) mass is 223 g/mol. The van der Waals surface area contributed by atoms with Gasteiger partial charge in [-0.3, -0.25) is 0 Å². The minimum Gasteiger partial charge on any atom is -0.504 e. The molecule has 1 heterocycles. The highest BCUT2D eigenvalue weighted by Gasteiger charge is 2.37. The summed E-state index contributed by atoms with van der Waals surface area (Å²) in [6, 6.07) is 4.51. The lowest BCUT2D eigenvalue weighted by Gasteiger charge is -2.23. The Balaban J connectivity index is 2.27. The molecule has 88 valence electrons. The summed E-state index contributed by atoms with van der Waals surface area (Å²) in [4.78, 5) is 2.16. The van der Waals surface area contributed by atoms with Crippen LogP contribution in [0.3, 0.4) is 0 Å². The van der Waals surface area contributed by atoms with E-state index in [0.717, 1.165) is 13.1 Å². The number of likely N-dealkylation sites (N-methyl/N-ethyl adjacent to an activating group) is 1. The lowest BCUT2D eigenvalue weighted by Crippen LogP contribution is -2.30. The average Bonchev–Trinajstić information content (AvgIpc) is 2.66. The summed E-state index contributed by atoms with van der Waals surface area (Å²) in [6.45, 7) is 4.40. The molecule has 1 atom stereocenters. The molecule has 2 rings (SSSR count). The fourth-order valence-corrected chi connectivity index (χ4v) is 2.19. The molecule has 0 bridgehead atoms. The molecule has 0 aromatic heterocycles. The van der Waals surface area contributed by atoms with Crippen LogP contribution >= 0.6 is 0 Å². The van der Waals surface area contributed by atoms with E-state index in [1.165, 1.54) is 12.1 Å². The maximum Gasteiger partial charge on any atom is 0.157 e. The molecule has 0 amide bonds. The topological polar surface area (TPSA) is 63.9 Å². The van der Waals surface area contributed by atoms with Crippen molar-refractivity contribution in [1.29, 1.82) is 0 Å². The van der Waals surface area contributed by atoms with Crippen molar-refractivity contribution < 1.29 is 15.3 Å². The maximum absolute atomic E-state index is 10.4. The van der Waals surface area contributed by atoms with Crippen molar-refractivity contribution >= 4 is 0 Å². The first-order valence-corrected chi connectivity index (χ1v) is 5.52. The Labute approximate surface area is 94.8 Å². The van der Waals surface area contributed by atoms with Gasteiger partial charge in [0.1, 0.15) is 5.60 Å². The number of aliphatic hydroxyl groups is 1. The molecule has 1 aromatic rings. The van der Waals surface area contributed by atoms with Gasteiger partial charge < -0.3 is 20.2 Å². The molecule has 16 heavy (non-hydrogen) atoms. The molecular weight excluding hydrogens is 206 g/mol. The van der Waals surface area contributed by atoms with E-state index in [0.29, 0.717) is 18.5 Å². The van der Waals surface area contributed by atoms with Crippen molar-refractivity contribution in [3.05, 3.63) is 23.8 Å². The Morgan fingerprint density at radius 1 is 1.31 bits per heavy atom. The fourth-order valence-electron chi connectivity index (χ4n) is 2.19. The predicted molar refractivity (Wildman–Crippen MR) is 60.4 cm³/mol. The maximum atomic E-state index is 10.4. The number of β-amino-alcohol motifs (C(OH)–C–C–N with tert-alkyl or cyclic N) is 1. The third kappa shape index (κ3) is 1.86.